The van der Waals surface area contributed by atoms with Gasteiger partial charge in [-0.25, -0.2) is 0 Å². The monoisotopic (exact) mass is 344 g/mol. The quantitative estimate of drug-likeness (QED) is 0.730. The number of ether oxygens (including phenoxy) is 3. The average Bonchev–Trinajstić information content (AvgIpc) is 2.67. The van der Waals surface area contributed by atoms with E-state index in [1.165, 1.54) is 18.4 Å². The van der Waals surface area contributed by atoms with E-state index in [0.29, 0.717) is 18.8 Å². The molecule has 0 bridgehead atoms. The van der Waals surface area contributed by atoms with E-state index in [1.807, 2.05) is 24.3 Å². The molecule has 1 aromatic rings. The van der Waals surface area contributed by atoms with Crippen molar-refractivity contribution >= 4 is 5.78 Å². The lowest BCUT2D eigenvalue weighted by Crippen LogP contribution is -2.46. The molecule has 3 rings (SSSR count). The van der Waals surface area contributed by atoms with E-state index in [0.717, 1.165) is 30.6 Å². The Morgan fingerprint density at radius 3 is 2.52 bits per heavy atom. The van der Waals surface area contributed by atoms with Crippen molar-refractivity contribution in [2.45, 2.75) is 57.3 Å². The maximum atomic E-state index is 12.6. The molecule has 2 aliphatic rings. The maximum Gasteiger partial charge on any atom is 0.142 e. The van der Waals surface area contributed by atoms with Gasteiger partial charge in [-0.1, -0.05) is 23.8 Å². The molecule has 0 heterocycles. The van der Waals surface area contributed by atoms with Gasteiger partial charge in [0.1, 0.15) is 11.5 Å². The number of ketones is 1. The first kappa shape index (κ1) is 18.2. The predicted octanol–water partition coefficient (Wildman–Crippen LogP) is 4.07. The van der Waals surface area contributed by atoms with E-state index in [-0.39, 0.29) is 18.1 Å². The van der Waals surface area contributed by atoms with Crippen LogP contribution in [-0.2, 0) is 20.9 Å². The second-order valence-corrected chi connectivity index (χ2v) is 6.91. The summed E-state index contributed by atoms with van der Waals surface area (Å²) in [5.74, 6) is 1.02. The number of allylic oxidation sites excluding steroid dienone is 1. The zero-order chi connectivity index (χ0) is 17.6. The lowest BCUT2D eigenvalue weighted by molar-refractivity contribution is -0.143. The first-order valence-electron chi connectivity index (χ1n) is 9.22. The van der Waals surface area contributed by atoms with Crippen molar-refractivity contribution in [2.75, 3.05) is 14.2 Å². The Morgan fingerprint density at radius 1 is 1.08 bits per heavy atom. The third-order valence-corrected chi connectivity index (χ3v) is 5.34. The molecular weight excluding hydrogens is 316 g/mol. The summed E-state index contributed by atoms with van der Waals surface area (Å²) < 4.78 is 17.1. The van der Waals surface area contributed by atoms with Gasteiger partial charge in [-0.2, -0.15) is 0 Å². The molecule has 0 aromatic heterocycles. The molecule has 0 aliphatic heterocycles. The fraction of sp³-hybridized carbons (Fsp3) is 0.571. The molecule has 2 aliphatic carbocycles. The zero-order valence-corrected chi connectivity index (χ0v) is 15.2. The number of hydrogen-bond acceptors (Lipinski definition) is 4. The number of benzene rings is 1. The van der Waals surface area contributed by atoms with Gasteiger partial charge in [0.05, 0.1) is 31.8 Å². The van der Waals surface area contributed by atoms with Crippen molar-refractivity contribution in [1.29, 1.82) is 0 Å². The highest BCUT2D eigenvalue weighted by Crippen LogP contribution is 2.36. The molecule has 1 saturated carbocycles. The van der Waals surface area contributed by atoms with E-state index in [4.69, 9.17) is 14.2 Å². The van der Waals surface area contributed by atoms with Gasteiger partial charge in [0.25, 0.3) is 0 Å². The summed E-state index contributed by atoms with van der Waals surface area (Å²) in [6.07, 6.45) is 7.83. The van der Waals surface area contributed by atoms with Crippen LogP contribution in [0.3, 0.4) is 0 Å². The Hall–Kier alpha value is -1.65. The molecule has 3 atom stereocenters. The minimum Gasteiger partial charge on any atom is -0.497 e. The van der Waals surface area contributed by atoms with Crippen molar-refractivity contribution in [3.05, 3.63) is 41.5 Å². The van der Waals surface area contributed by atoms with Crippen LogP contribution >= 0.6 is 0 Å². The molecule has 0 saturated heterocycles. The number of methoxy groups -OCH3 is 2. The minimum absolute atomic E-state index is 0.0439. The Kier molecular flexibility index (Phi) is 6.27. The lowest BCUT2D eigenvalue weighted by Gasteiger charge is -2.38. The van der Waals surface area contributed by atoms with Crippen molar-refractivity contribution in [1.82, 2.24) is 0 Å². The summed E-state index contributed by atoms with van der Waals surface area (Å²) >= 11 is 0. The van der Waals surface area contributed by atoms with Crippen LogP contribution in [0.15, 0.2) is 35.9 Å². The third-order valence-electron chi connectivity index (χ3n) is 5.34. The second kappa shape index (κ2) is 8.63. The third kappa shape index (κ3) is 4.31. The summed E-state index contributed by atoms with van der Waals surface area (Å²) in [5.41, 5.74) is 2.36. The summed E-state index contributed by atoms with van der Waals surface area (Å²) in [6.45, 7) is 0.522. The Labute approximate surface area is 150 Å². The highest BCUT2D eigenvalue weighted by atomic mass is 16.5. The molecule has 0 radical (unpaired) electrons. The van der Waals surface area contributed by atoms with Gasteiger partial charge in [-0.15, -0.1) is 0 Å². The van der Waals surface area contributed by atoms with Gasteiger partial charge in [0.2, 0.25) is 0 Å². The highest BCUT2D eigenvalue weighted by molar-refractivity contribution is 5.85. The first-order chi connectivity index (χ1) is 12.2. The van der Waals surface area contributed by atoms with Crippen molar-refractivity contribution in [2.24, 2.45) is 5.92 Å². The highest BCUT2D eigenvalue weighted by Gasteiger charge is 2.41. The van der Waals surface area contributed by atoms with E-state index >= 15 is 0 Å². The summed E-state index contributed by atoms with van der Waals surface area (Å²) in [4.78, 5) is 12.6. The van der Waals surface area contributed by atoms with Gasteiger partial charge >= 0.3 is 0 Å². The largest absolute Gasteiger partial charge is 0.497 e. The number of hydrogen-bond donors (Lipinski definition) is 0. The van der Waals surface area contributed by atoms with Crippen LogP contribution in [0.25, 0.3) is 0 Å². The summed E-state index contributed by atoms with van der Waals surface area (Å²) in [7, 11) is 3.36. The molecule has 3 unspecified atom stereocenters. The topological polar surface area (TPSA) is 44.8 Å². The van der Waals surface area contributed by atoms with E-state index in [1.54, 1.807) is 14.2 Å². The van der Waals surface area contributed by atoms with Crippen LogP contribution in [-0.4, -0.2) is 32.2 Å². The SMILES string of the molecule is COc1ccc(COC2CCC(=O)C(C3=CCCCC3)C2OC)cc1. The second-order valence-electron chi connectivity index (χ2n) is 6.91. The summed E-state index contributed by atoms with van der Waals surface area (Å²) in [5, 5.41) is 0. The average molecular weight is 344 g/mol. The fourth-order valence-electron chi connectivity index (χ4n) is 3.96. The van der Waals surface area contributed by atoms with Crippen molar-refractivity contribution < 1.29 is 19.0 Å². The number of carbonyl (C=O) groups is 1. The van der Waals surface area contributed by atoms with E-state index < -0.39 is 0 Å². The van der Waals surface area contributed by atoms with Gasteiger partial charge in [-0.05, 0) is 49.8 Å². The van der Waals surface area contributed by atoms with Gasteiger partial charge in [0.15, 0.2) is 0 Å². The van der Waals surface area contributed by atoms with Crippen LogP contribution in [0.1, 0.15) is 44.1 Å². The molecule has 0 amide bonds. The van der Waals surface area contributed by atoms with Crippen LogP contribution in [0.2, 0.25) is 0 Å². The van der Waals surface area contributed by atoms with Crippen molar-refractivity contribution in [3.63, 3.8) is 0 Å². The molecule has 1 aromatic carbocycles. The standard InChI is InChI=1S/C21H28O4/c1-23-17-10-8-15(9-11-17)14-25-19-13-12-18(22)20(21(19)24-2)16-6-4-3-5-7-16/h6,8-11,19-21H,3-5,7,12-14H2,1-2H3. The number of Topliss-reactive ketones (excluding diaryl/α,β-unsaturated/α-hetero) is 1. The normalized spacial score (nSPS) is 27.0. The number of rotatable bonds is 6. The molecule has 1 fully saturated rings. The Balaban J connectivity index is 1.67. The fourth-order valence-corrected chi connectivity index (χ4v) is 3.96. The molecule has 4 nitrogen and oxygen atoms in total. The van der Waals surface area contributed by atoms with E-state index in [2.05, 4.69) is 6.08 Å². The molecule has 4 heteroatoms. The van der Waals surface area contributed by atoms with Gasteiger partial charge in [0, 0.05) is 13.5 Å². The van der Waals surface area contributed by atoms with Gasteiger partial charge in [-0.3, -0.25) is 4.79 Å². The Morgan fingerprint density at radius 2 is 1.88 bits per heavy atom. The first-order valence-corrected chi connectivity index (χ1v) is 9.22. The summed E-state index contributed by atoms with van der Waals surface area (Å²) in [6, 6.07) is 7.89. The minimum atomic E-state index is -0.177. The lowest BCUT2D eigenvalue weighted by atomic mass is 9.75. The zero-order valence-electron chi connectivity index (χ0n) is 15.2. The Bertz CT molecular complexity index is 605. The van der Waals surface area contributed by atoms with Crippen molar-refractivity contribution in [3.8, 4) is 5.75 Å². The van der Waals surface area contributed by atoms with Crippen LogP contribution in [0, 0.1) is 5.92 Å². The molecule has 0 spiro atoms. The molecular formula is C21H28O4. The van der Waals surface area contributed by atoms with Gasteiger partial charge < -0.3 is 14.2 Å². The van der Waals surface area contributed by atoms with E-state index in [9.17, 15) is 4.79 Å². The predicted molar refractivity (Wildman–Crippen MR) is 96.7 cm³/mol. The van der Waals surface area contributed by atoms with Crippen LogP contribution < -0.4 is 4.74 Å². The number of carbonyl (C=O) groups excluding carboxylic acids is 1. The maximum absolute atomic E-state index is 12.6. The smallest absolute Gasteiger partial charge is 0.142 e. The van der Waals surface area contributed by atoms with Crippen LogP contribution in [0.4, 0.5) is 0 Å². The molecule has 0 N–H and O–H groups in total. The molecule has 136 valence electrons. The van der Waals surface area contributed by atoms with Crippen LogP contribution in [0.5, 0.6) is 5.75 Å². The molecule has 25 heavy (non-hydrogen) atoms.